The first-order chi connectivity index (χ1) is 10.9. The molecule has 6 nitrogen and oxygen atoms in total. The van der Waals surface area contributed by atoms with Crippen LogP contribution in [0.3, 0.4) is 0 Å². The van der Waals surface area contributed by atoms with Crippen LogP contribution in [0, 0.1) is 0 Å². The molecule has 2 rings (SSSR count). The number of nitrogens with zero attached hydrogens (tertiary/aromatic N) is 2. The van der Waals surface area contributed by atoms with Gasteiger partial charge in [0.1, 0.15) is 5.75 Å². The molecule has 0 N–H and O–H groups in total. The maximum absolute atomic E-state index is 12.6. The molecule has 1 saturated heterocycles. The summed E-state index contributed by atoms with van der Waals surface area (Å²) in [5.41, 5.74) is 0. The highest BCUT2D eigenvalue weighted by molar-refractivity contribution is 7.86. The Morgan fingerprint density at radius 2 is 1.83 bits per heavy atom. The normalized spacial score (nSPS) is 23.1. The van der Waals surface area contributed by atoms with Crippen LogP contribution in [0.2, 0.25) is 0 Å². The van der Waals surface area contributed by atoms with Crippen LogP contribution in [0.25, 0.3) is 0 Å². The Labute approximate surface area is 139 Å². The number of morpholine rings is 1. The summed E-state index contributed by atoms with van der Waals surface area (Å²) in [5, 5.41) is 0. The van der Waals surface area contributed by atoms with Gasteiger partial charge in [0.15, 0.2) is 0 Å². The topological polar surface area (TPSA) is 59.1 Å². The lowest BCUT2D eigenvalue weighted by molar-refractivity contribution is -0.0453. The number of benzene rings is 1. The van der Waals surface area contributed by atoms with Crippen LogP contribution in [0.15, 0.2) is 30.3 Å². The van der Waals surface area contributed by atoms with E-state index in [2.05, 4.69) is 0 Å². The Morgan fingerprint density at radius 3 is 2.43 bits per heavy atom. The number of para-hydroxylation sites is 1. The largest absolute Gasteiger partial charge is 0.494 e. The van der Waals surface area contributed by atoms with E-state index < -0.39 is 10.2 Å². The van der Waals surface area contributed by atoms with Crippen LogP contribution in [0.5, 0.6) is 5.75 Å². The van der Waals surface area contributed by atoms with Gasteiger partial charge in [0.2, 0.25) is 0 Å². The number of rotatable bonds is 7. The van der Waals surface area contributed by atoms with E-state index in [-0.39, 0.29) is 12.2 Å². The van der Waals surface area contributed by atoms with Crippen molar-refractivity contribution in [3.63, 3.8) is 0 Å². The summed E-state index contributed by atoms with van der Waals surface area (Å²) in [6, 6.07) is 9.52. The maximum atomic E-state index is 12.6. The molecule has 23 heavy (non-hydrogen) atoms. The van der Waals surface area contributed by atoms with Crippen molar-refractivity contribution in [1.29, 1.82) is 0 Å². The van der Waals surface area contributed by atoms with Gasteiger partial charge >= 0.3 is 0 Å². The molecule has 1 aromatic carbocycles. The standard InChI is InChI=1S/C16H26N2O4S/c1-14-12-18(13-15(2)22-14)23(19,20)17(3)10-7-11-21-16-8-5-4-6-9-16/h4-6,8-9,14-15H,7,10-13H2,1-3H3/t14-,15-/m0/s1. The van der Waals surface area contributed by atoms with E-state index in [9.17, 15) is 8.42 Å². The van der Waals surface area contributed by atoms with Crippen molar-refractivity contribution in [3.8, 4) is 5.75 Å². The zero-order valence-electron chi connectivity index (χ0n) is 14.0. The van der Waals surface area contributed by atoms with Crippen LogP contribution in [0.1, 0.15) is 20.3 Å². The summed E-state index contributed by atoms with van der Waals surface area (Å²) in [6.45, 7) is 5.50. The van der Waals surface area contributed by atoms with E-state index in [4.69, 9.17) is 9.47 Å². The summed E-state index contributed by atoms with van der Waals surface area (Å²) in [6.07, 6.45) is 0.478. The quantitative estimate of drug-likeness (QED) is 0.708. The third-order valence-electron chi connectivity index (χ3n) is 3.74. The SMILES string of the molecule is C[C@H]1CN(S(=O)(=O)N(C)CCCOc2ccccc2)C[C@H](C)O1. The zero-order chi connectivity index (χ0) is 16.9. The number of ether oxygens (including phenoxy) is 2. The Hall–Kier alpha value is -1.15. The third kappa shape index (κ3) is 5.17. The van der Waals surface area contributed by atoms with Gasteiger partial charge in [-0.15, -0.1) is 0 Å². The second kappa shape index (κ2) is 8.10. The fraction of sp³-hybridized carbons (Fsp3) is 0.625. The van der Waals surface area contributed by atoms with Gasteiger partial charge in [-0.1, -0.05) is 18.2 Å². The fourth-order valence-electron chi connectivity index (χ4n) is 2.63. The summed E-state index contributed by atoms with van der Waals surface area (Å²) in [7, 11) is -1.83. The monoisotopic (exact) mass is 342 g/mol. The van der Waals surface area contributed by atoms with Crippen LogP contribution < -0.4 is 4.74 Å². The average molecular weight is 342 g/mol. The summed E-state index contributed by atoms with van der Waals surface area (Å²) < 4.78 is 39.3. The summed E-state index contributed by atoms with van der Waals surface area (Å²) in [5.74, 6) is 0.800. The van der Waals surface area contributed by atoms with E-state index in [1.807, 2.05) is 44.2 Å². The Kier molecular flexibility index (Phi) is 6.41. The van der Waals surface area contributed by atoms with Crippen LogP contribution in [-0.2, 0) is 14.9 Å². The van der Waals surface area contributed by atoms with E-state index in [0.717, 1.165) is 5.75 Å². The first kappa shape index (κ1) is 18.2. The minimum atomic E-state index is -3.44. The van der Waals surface area contributed by atoms with Crippen molar-refractivity contribution in [2.75, 3.05) is 33.3 Å². The van der Waals surface area contributed by atoms with Crippen molar-refractivity contribution >= 4 is 10.2 Å². The highest BCUT2D eigenvalue weighted by atomic mass is 32.2. The van der Waals surface area contributed by atoms with E-state index >= 15 is 0 Å². The predicted octanol–water partition coefficient (Wildman–Crippen LogP) is 1.74. The van der Waals surface area contributed by atoms with Crippen LogP contribution in [0.4, 0.5) is 0 Å². The van der Waals surface area contributed by atoms with Gasteiger partial charge in [0, 0.05) is 26.7 Å². The molecule has 0 saturated carbocycles. The molecular weight excluding hydrogens is 316 g/mol. The van der Waals surface area contributed by atoms with E-state index in [1.165, 1.54) is 8.61 Å². The molecule has 1 fully saturated rings. The summed E-state index contributed by atoms with van der Waals surface area (Å²) in [4.78, 5) is 0. The van der Waals surface area contributed by atoms with E-state index in [1.54, 1.807) is 7.05 Å². The predicted molar refractivity (Wildman–Crippen MR) is 89.7 cm³/mol. The second-order valence-corrected chi connectivity index (χ2v) is 7.95. The van der Waals surface area contributed by atoms with Crippen LogP contribution >= 0.6 is 0 Å². The lowest BCUT2D eigenvalue weighted by Crippen LogP contribution is -2.52. The number of hydrogen-bond acceptors (Lipinski definition) is 4. The van der Waals surface area contributed by atoms with E-state index in [0.29, 0.717) is 32.7 Å². The van der Waals surface area contributed by atoms with Crippen molar-refractivity contribution in [2.45, 2.75) is 32.5 Å². The molecular formula is C16H26N2O4S. The van der Waals surface area contributed by atoms with Crippen LogP contribution in [-0.4, -0.2) is 62.5 Å². The first-order valence-corrected chi connectivity index (χ1v) is 9.34. The smallest absolute Gasteiger partial charge is 0.281 e. The molecule has 7 heteroatoms. The minimum Gasteiger partial charge on any atom is -0.494 e. The molecule has 0 aliphatic carbocycles. The van der Waals surface area contributed by atoms with Gasteiger partial charge in [-0.25, -0.2) is 0 Å². The molecule has 1 aliphatic rings. The molecule has 0 unspecified atom stereocenters. The fourth-order valence-corrected chi connectivity index (χ4v) is 4.18. The first-order valence-electron chi connectivity index (χ1n) is 7.94. The van der Waals surface area contributed by atoms with Crippen molar-refractivity contribution in [2.24, 2.45) is 0 Å². The highest BCUT2D eigenvalue weighted by Crippen LogP contribution is 2.17. The average Bonchev–Trinajstić information content (AvgIpc) is 2.51. The second-order valence-electron chi connectivity index (χ2n) is 5.92. The zero-order valence-corrected chi connectivity index (χ0v) is 14.8. The lowest BCUT2D eigenvalue weighted by atomic mass is 10.3. The molecule has 0 aromatic heterocycles. The van der Waals surface area contributed by atoms with Gasteiger partial charge < -0.3 is 9.47 Å². The molecule has 0 spiro atoms. The van der Waals surface area contributed by atoms with Gasteiger partial charge in [0.05, 0.1) is 18.8 Å². The Morgan fingerprint density at radius 1 is 1.22 bits per heavy atom. The van der Waals surface area contributed by atoms with Crippen molar-refractivity contribution < 1.29 is 17.9 Å². The number of hydrogen-bond donors (Lipinski definition) is 0. The van der Waals surface area contributed by atoms with Crippen molar-refractivity contribution in [3.05, 3.63) is 30.3 Å². The van der Waals surface area contributed by atoms with Gasteiger partial charge in [-0.3, -0.25) is 0 Å². The van der Waals surface area contributed by atoms with Gasteiger partial charge in [0.25, 0.3) is 10.2 Å². The third-order valence-corrected chi connectivity index (χ3v) is 5.66. The van der Waals surface area contributed by atoms with Crippen molar-refractivity contribution in [1.82, 2.24) is 8.61 Å². The van der Waals surface area contributed by atoms with Gasteiger partial charge in [-0.05, 0) is 32.4 Å². The lowest BCUT2D eigenvalue weighted by Gasteiger charge is -2.36. The molecule has 1 aliphatic heterocycles. The molecule has 0 amide bonds. The molecule has 1 heterocycles. The molecule has 130 valence electrons. The highest BCUT2D eigenvalue weighted by Gasteiger charge is 2.33. The Bertz CT molecular complexity index is 569. The van der Waals surface area contributed by atoms with Gasteiger partial charge in [-0.2, -0.15) is 17.0 Å². The summed E-state index contributed by atoms with van der Waals surface area (Å²) >= 11 is 0. The molecule has 2 atom stereocenters. The molecule has 1 aromatic rings. The molecule has 0 radical (unpaired) electrons. The molecule has 0 bridgehead atoms. The Balaban J connectivity index is 1.80. The maximum Gasteiger partial charge on any atom is 0.281 e. The minimum absolute atomic E-state index is 0.0802.